The predicted molar refractivity (Wildman–Crippen MR) is 68.9 cm³/mol. The zero-order valence-corrected chi connectivity index (χ0v) is 10.6. The first-order valence-electron chi connectivity index (χ1n) is 6.38. The molecule has 2 rings (SSSR count). The van der Waals surface area contributed by atoms with Crippen LogP contribution in [0.2, 0.25) is 0 Å². The first-order valence-corrected chi connectivity index (χ1v) is 6.38. The molecule has 0 radical (unpaired) electrons. The van der Waals surface area contributed by atoms with Crippen LogP contribution in [0, 0.1) is 5.92 Å². The van der Waals surface area contributed by atoms with Gasteiger partial charge < -0.3 is 14.7 Å². The predicted octanol–water partition coefficient (Wildman–Crippen LogP) is 1.39. The van der Waals surface area contributed by atoms with Gasteiger partial charge in [-0.1, -0.05) is 18.2 Å². The molecule has 102 valence electrons. The molecule has 0 spiro atoms. The lowest BCUT2D eigenvalue weighted by Crippen LogP contribution is -2.31. The second kappa shape index (κ2) is 6.22. The summed E-state index contributed by atoms with van der Waals surface area (Å²) < 4.78 is 5.52. The molecule has 19 heavy (non-hydrogen) atoms. The van der Waals surface area contributed by atoms with Gasteiger partial charge in [-0.2, -0.15) is 0 Å². The highest BCUT2D eigenvalue weighted by Gasteiger charge is 2.36. The molecule has 1 heterocycles. The topological polar surface area (TPSA) is 66.8 Å². The van der Waals surface area contributed by atoms with Crippen molar-refractivity contribution in [3.63, 3.8) is 0 Å². The molecule has 1 atom stereocenters. The molecular weight excluding hydrogens is 246 g/mol. The number of likely N-dealkylation sites (tertiary alicyclic amines) is 1. The Bertz CT molecular complexity index is 446. The van der Waals surface area contributed by atoms with Crippen molar-refractivity contribution in [2.24, 2.45) is 5.92 Å². The Morgan fingerprint density at radius 3 is 2.74 bits per heavy atom. The number of hydrogen-bond donors (Lipinski definition) is 1. The zero-order valence-electron chi connectivity index (χ0n) is 10.6. The van der Waals surface area contributed by atoms with Crippen molar-refractivity contribution in [1.82, 2.24) is 4.90 Å². The van der Waals surface area contributed by atoms with Crippen molar-refractivity contribution in [3.05, 3.63) is 30.3 Å². The van der Waals surface area contributed by atoms with Crippen molar-refractivity contribution in [3.8, 4) is 5.75 Å². The maximum atomic E-state index is 11.7. The van der Waals surface area contributed by atoms with E-state index in [0.717, 1.165) is 5.75 Å². The number of rotatable bonds is 6. The first kappa shape index (κ1) is 13.4. The molecule has 1 unspecified atom stereocenters. The summed E-state index contributed by atoms with van der Waals surface area (Å²) >= 11 is 0. The van der Waals surface area contributed by atoms with Gasteiger partial charge in [0.05, 0.1) is 6.61 Å². The van der Waals surface area contributed by atoms with Crippen LogP contribution in [0.5, 0.6) is 5.75 Å². The van der Waals surface area contributed by atoms with Crippen LogP contribution < -0.4 is 4.74 Å². The molecule has 5 nitrogen and oxygen atoms in total. The highest BCUT2D eigenvalue weighted by Crippen LogP contribution is 2.18. The number of nitrogens with zero attached hydrogens (tertiary/aromatic N) is 1. The summed E-state index contributed by atoms with van der Waals surface area (Å²) in [6, 6.07) is 9.47. The number of hydrogen-bond acceptors (Lipinski definition) is 3. The standard InChI is InChI=1S/C14H17NO4/c16-13-12(14(17)18)7-9-15(13)8-4-10-19-11-5-2-1-3-6-11/h1-3,5-6,12H,4,7-10H2,(H,17,18). The second-order valence-corrected chi connectivity index (χ2v) is 4.52. The first-order chi connectivity index (χ1) is 9.18. The average molecular weight is 263 g/mol. The summed E-state index contributed by atoms with van der Waals surface area (Å²) in [4.78, 5) is 24.1. The van der Waals surface area contributed by atoms with E-state index >= 15 is 0 Å². The lowest BCUT2D eigenvalue weighted by molar-refractivity contribution is -0.147. The van der Waals surface area contributed by atoms with Crippen molar-refractivity contribution < 1.29 is 19.4 Å². The molecular formula is C14H17NO4. The Labute approximate surface area is 111 Å². The summed E-state index contributed by atoms with van der Waals surface area (Å²) in [5, 5.41) is 8.85. The third-order valence-corrected chi connectivity index (χ3v) is 3.18. The average Bonchev–Trinajstić information content (AvgIpc) is 2.77. The van der Waals surface area contributed by atoms with E-state index in [1.54, 1.807) is 4.90 Å². The fourth-order valence-electron chi connectivity index (χ4n) is 2.15. The molecule has 1 aliphatic rings. The molecule has 1 aromatic carbocycles. The molecule has 1 fully saturated rings. The Morgan fingerprint density at radius 1 is 1.37 bits per heavy atom. The fraction of sp³-hybridized carbons (Fsp3) is 0.429. The third kappa shape index (κ3) is 3.47. The number of carbonyl (C=O) groups is 2. The number of benzene rings is 1. The molecule has 0 saturated carbocycles. The Morgan fingerprint density at radius 2 is 2.11 bits per heavy atom. The van der Waals surface area contributed by atoms with E-state index < -0.39 is 11.9 Å². The lowest BCUT2D eigenvalue weighted by Gasteiger charge is -2.16. The van der Waals surface area contributed by atoms with E-state index in [0.29, 0.717) is 32.5 Å². The summed E-state index contributed by atoms with van der Waals surface area (Å²) in [7, 11) is 0. The van der Waals surface area contributed by atoms with Crippen LogP contribution in [0.15, 0.2) is 30.3 Å². The van der Waals surface area contributed by atoms with Gasteiger partial charge in [0.25, 0.3) is 0 Å². The molecule has 0 aromatic heterocycles. The number of carbonyl (C=O) groups excluding carboxylic acids is 1. The number of ether oxygens (including phenoxy) is 1. The van der Waals surface area contributed by atoms with Crippen molar-refractivity contribution in [2.45, 2.75) is 12.8 Å². The van der Waals surface area contributed by atoms with Crippen LogP contribution in [0.3, 0.4) is 0 Å². The largest absolute Gasteiger partial charge is 0.494 e. The molecule has 1 amide bonds. The molecule has 1 aromatic rings. The van der Waals surface area contributed by atoms with Crippen LogP contribution in [-0.2, 0) is 9.59 Å². The van der Waals surface area contributed by atoms with E-state index in [2.05, 4.69) is 0 Å². The maximum absolute atomic E-state index is 11.7. The highest BCUT2D eigenvalue weighted by molar-refractivity contribution is 5.98. The minimum absolute atomic E-state index is 0.271. The SMILES string of the molecule is O=C(O)C1CCN(CCCOc2ccccc2)C1=O. The van der Waals surface area contributed by atoms with E-state index in [9.17, 15) is 9.59 Å². The van der Waals surface area contributed by atoms with Crippen molar-refractivity contribution in [2.75, 3.05) is 19.7 Å². The molecule has 1 N–H and O–H groups in total. The van der Waals surface area contributed by atoms with Gasteiger partial charge in [-0.25, -0.2) is 0 Å². The molecule has 0 bridgehead atoms. The van der Waals surface area contributed by atoms with Gasteiger partial charge in [-0.15, -0.1) is 0 Å². The number of aliphatic carboxylic acids is 1. The van der Waals surface area contributed by atoms with Gasteiger partial charge in [-0.3, -0.25) is 9.59 Å². The molecule has 0 aliphatic carbocycles. The Kier molecular flexibility index (Phi) is 4.39. The van der Waals surface area contributed by atoms with Crippen LogP contribution in [0.4, 0.5) is 0 Å². The van der Waals surface area contributed by atoms with Gasteiger partial charge >= 0.3 is 5.97 Å². The van der Waals surface area contributed by atoms with Crippen molar-refractivity contribution >= 4 is 11.9 Å². The smallest absolute Gasteiger partial charge is 0.316 e. The molecule has 1 aliphatic heterocycles. The van der Waals surface area contributed by atoms with E-state index in [-0.39, 0.29) is 5.91 Å². The zero-order chi connectivity index (χ0) is 13.7. The second-order valence-electron chi connectivity index (χ2n) is 4.52. The number of para-hydroxylation sites is 1. The Hall–Kier alpha value is -2.04. The minimum Gasteiger partial charge on any atom is -0.494 e. The van der Waals surface area contributed by atoms with E-state index in [1.807, 2.05) is 30.3 Å². The fourth-order valence-corrected chi connectivity index (χ4v) is 2.15. The molecule has 5 heteroatoms. The lowest BCUT2D eigenvalue weighted by atomic mass is 10.1. The summed E-state index contributed by atoms with van der Waals surface area (Å²) in [6.45, 7) is 1.60. The van der Waals surface area contributed by atoms with Crippen molar-refractivity contribution in [1.29, 1.82) is 0 Å². The number of carboxylic acids is 1. The van der Waals surface area contributed by atoms with Crippen LogP contribution in [-0.4, -0.2) is 41.6 Å². The van der Waals surface area contributed by atoms with Gasteiger partial charge in [-0.05, 0) is 25.0 Å². The quantitative estimate of drug-likeness (QED) is 0.622. The van der Waals surface area contributed by atoms with Gasteiger partial charge in [0.1, 0.15) is 11.7 Å². The minimum atomic E-state index is -1.02. The van der Waals surface area contributed by atoms with E-state index in [4.69, 9.17) is 9.84 Å². The number of carboxylic acid groups (broad SMARTS) is 1. The van der Waals surface area contributed by atoms with Gasteiger partial charge in [0.15, 0.2) is 0 Å². The van der Waals surface area contributed by atoms with Gasteiger partial charge in [0.2, 0.25) is 5.91 Å². The summed E-state index contributed by atoms with van der Waals surface area (Å²) in [5.74, 6) is -1.34. The number of amides is 1. The summed E-state index contributed by atoms with van der Waals surface area (Å²) in [5.41, 5.74) is 0. The van der Waals surface area contributed by atoms with Crippen LogP contribution in [0.25, 0.3) is 0 Å². The van der Waals surface area contributed by atoms with Gasteiger partial charge in [0, 0.05) is 13.1 Å². The summed E-state index contributed by atoms with van der Waals surface area (Å²) in [6.07, 6.45) is 1.11. The Balaban J connectivity index is 1.69. The van der Waals surface area contributed by atoms with Crippen LogP contribution in [0.1, 0.15) is 12.8 Å². The van der Waals surface area contributed by atoms with E-state index in [1.165, 1.54) is 0 Å². The normalized spacial score (nSPS) is 18.6. The third-order valence-electron chi connectivity index (χ3n) is 3.18. The monoisotopic (exact) mass is 263 g/mol. The van der Waals surface area contributed by atoms with Crippen LogP contribution >= 0.6 is 0 Å². The highest BCUT2D eigenvalue weighted by atomic mass is 16.5. The maximum Gasteiger partial charge on any atom is 0.316 e. The molecule has 1 saturated heterocycles.